The van der Waals surface area contributed by atoms with Crippen LogP contribution in [0.15, 0.2) is 35.3 Å². The molecule has 0 radical (unpaired) electrons. The summed E-state index contributed by atoms with van der Waals surface area (Å²) < 4.78 is 0.622. The zero-order chi connectivity index (χ0) is 14.3. The van der Waals surface area contributed by atoms with E-state index in [0.717, 1.165) is 16.1 Å². The van der Waals surface area contributed by atoms with E-state index in [-0.39, 0.29) is 12.5 Å². The Morgan fingerprint density at radius 3 is 2.75 bits per heavy atom. The summed E-state index contributed by atoms with van der Waals surface area (Å²) in [6, 6.07) is 9.30. The molecule has 0 unspecified atom stereocenters. The molecule has 1 aliphatic heterocycles. The lowest BCUT2D eigenvalue weighted by atomic mass is 10.0. The van der Waals surface area contributed by atoms with Crippen LogP contribution < -0.4 is 4.90 Å². The first kappa shape index (κ1) is 13.6. The third-order valence-corrected chi connectivity index (χ3v) is 4.79. The van der Waals surface area contributed by atoms with Crippen molar-refractivity contribution in [3.63, 3.8) is 0 Å². The molecule has 1 aromatic heterocycles. The van der Waals surface area contributed by atoms with Gasteiger partial charge in [-0.2, -0.15) is 0 Å². The second kappa shape index (κ2) is 5.20. The summed E-state index contributed by atoms with van der Waals surface area (Å²) in [5.74, 6) is -0.0631. The maximum atomic E-state index is 12.0. The van der Waals surface area contributed by atoms with Crippen LogP contribution >= 0.6 is 34.5 Å². The maximum absolute atomic E-state index is 12.0. The lowest BCUT2D eigenvalue weighted by Crippen LogP contribution is -2.26. The highest BCUT2D eigenvalue weighted by Crippen LogP contribution is 2.38. The predicted octanol–water partition coefficient (Wildman–Crippen LogP) is 3.87. The van der Waals surface area contributed by atoms with Crippen LogP contribution in [-0.4, -0.2) is 25.2 Å². The van der Waals surface area contributed by atoms with Crippen molar-refractivity contribution >= 4 is 51.2 Å². The average molecular weight is 325 g/mol. The molecule has 0 aliphatic carbocycles. The van der Waals surface area contributed by atoms with Gasteiger partial charge in [-0.15, -0.1) is 11.3 Å². The molecule has 3 rings (SSSR count). The monoisotopic (exact) mass is 324 g/mol. The number of carbonyl (C=O) groups excluding carboxylic acids is 1. The third-order valence-electron chi connectivity index (χ3n) is 3.12. The zero-order valence-electron chi connectivity index (χ0n) is 10.6. The van der Waals surface area contributed by atoms with Crippen molar-refractivity contribution in [2.45, 2.75) is 0 Å². The normalized spacial score (nSPS) is 14.8. The van der Waals surface area contributed by atoms with Crippen LogP contribution in [0.2, 0.25) is 9.36 Å². The molecular formula is C14H10Cl2N2OS. The largest absolute Gasteiger partial charge is 0.305 e. The van der Waals surface area contributed by atoms with E-state index in [0.29, 0.717) is 15.1 Å². The number of nitrogens with zero attached hydrogens (tertiary/aromatic N) is 2. The molecule has 0 atom stereocenters. The van der Waals surface area contributed by atoms with Crippen molar-refractivity contribution in [2.75, 3.05) is 18.5 Å². The first-order chi connectivity index (χ1) is 9.58. The molecule has 0 saturated heterocycles. The molecular weight excluding hydrogens is 315 g/mol. The van der Waals surface area contributed by atoms with Gasteiger partial charge in [-0.3, -0.25) is 9.79 Å². The Labute approximate surface area is 130 Å². The highest BCUT2D eigenvalue weighted by Gasteiger charge is 2.25. The minimum Gasteiger partial charge on any atom is -0.305 e. The van der Waals surface area contributed by atoms with Gasteiger partial charge in [0.05, 0.1) is 10.0 Å². The number of thiophene rings is 1. The Balaban J connectivity index is 2.23. The standard InChI is InChI=1S/C14H10Cl2N2OS/c1-18-12(19)7-17-13(8-4-2-3-5-10(8)15)9-6-11(16)20-14(9)18/h2-6H,7H2,1H3. The Morgan fingerprint density at radius 2 is 2.00 bits per heavy atom. The Bertz CT molecular complexity index is 724. The lowest BCUT2D eigenvalue weighted by Gasteiger charge is -2.13. The molecule has 1 aromatic carbocycles. The van der Waals surface area contributed by atoms with Gasteiger partial charge in [-0.25, -0.2) is 0 Å². The quantitative estimate of drug-likeness (QED) is 0.783. The van der Waals surface area contributed by atoms with Crippen molar-refractivity contribution < 1.29 is 4.79 Å². The molecule has 6 heteroatoms. The van der Waals surface area contributed by atoms with E-state index in [1.807, 2.05) is 30.3 Å². The number of carbonyl (C=O) groups is 1. The first-order valence-corrected chi connectivity index (χ1v) is 7.51. The van der Waals surface area contributed by atoms with E-state index in [1.54, 1.807) is 11.9 Å². The number of amides is 1. The SMILES string of the molecule is CN1C(=O)CN=C(c2ccccc2Cl)c2cc(Cl)sc21. The number of halogens is 2. The lowest BCUT2D eigenvalue weighted by molar-refractivity contribution is -0.116. The molecule has 3 nitrogen and oxygen atoms in total. The van der Waals surface area contributed by atoms with Crippen LogP contribution in [-0.2, 0) is 4.79 Å². The van der Waals surface area contributed by atoms with Gasteiger partial charge >= 0.3 is 0 Å². The van der Waals surface area contributed by atoms with Crippen molar-refractivity contribution in [3.8, 4) is 0 Å². The summed E-state index contributed by atoms with van der Waals surface area (Å²) in [5, 5.41) is 1.41. The predicted molar refractivity (Wildman–Crippen MR) is 84.7 cm³/mol. The van der Waals surface area contributed by atoms with Gasteiger partial charge in [0, 0.05) is 23.2 Å². The van der Waals surface area contributed by atoms with Gasteiger partial charge in [-0.1, -0.05) is 41.4 Å². The molecule has 2 heterocycles. The van der Waals surface area contributed by atoms with Gasteiger partial charge in [0.2, 0.25) is 5.91 Å². The zero-order valence-corrected chi connectivity index (χ0v) is 12.9. The summed E-state index contributed by atoms with van der Waals surface area (Å²) in [4.78, 5) is 18.0. The molecule has 2 aromatic rings. The van der Waals surface area contributed by atoms with Crippen LogP contribution in [0.1, 0.15) is 11.1 Å². The molecule has 20 heavy (non-hydrogen) atoms. The summed E-state index contributed by atoms with van der Waals surface area (Å²) >= 11 is 13.7. The number of likely N-dealkylation sites (N-methyl/N-ethyl adjacent to an activating group) is 1. The topological polar surface area (TPSA) is 32.7 Å². The number of rotatable bonds is 1. The molecule has 0 fully saturated rings. The second-order valence-corrected chi connectivity index (χ2v) is 6.44. The van der Waals surface area contributed by atoms with Crippen LogP contribution in [0.5, 0.6) is 0 Å². The molecule has 0 N–H and O–H groups in total. The summed E-state index contributed by atoms with van der Waals surface area (Å²) in [6.07, 6.45) is 0. The van der Waals surface area contributed by atoms with Crippen LogP contribution in [0.4, 0.5) is 5.00 Å². The first-order valence-electron chi connectivity index (χ1n) is 5.93. The number of fused-ring (bicyclic) bond motifs is 1. The van der Waals surface area contributed by atoms with Gasteiger partial charge in [-0.05, 0) is 12.1 Å². The smallest absolute Gasteiger partial charge is 0.249 e. The Kier molecular flexibility index (Phi) is 3.54. The van der Waals surface area contributed by atoms with Gasteiger partial charge in [0.25, 0.3) is 0 Å². The molecule has 1 amide bonds. The van der Waals surface area contributed by atoms with Crippen LogP contribution in [0.3, 0.4) is 0 Å². The van der Waals surface area contributed by atoms with E-state index in [2.05, 4.69) is 4.99 Å². The van der Waals surface area contributed by atoms with Crippen molar-refractivity contribution in [3.05, 3.63) is 50.8 Å². The number of hydrogen-bond donors (Lipinski definition) is 0. The van der Waals surface area contributed by atoms with Crippen molar-refractivity contribution in [2.24, 2.45) is 4.99 Å². The van der Waals surface area contributed by atoms with Crippen molar-refractivity contribution in [1.82, 2.24) is 0 Å². The fourth-order valence-corrected chi connectivity index (χ4v) is 3.52. The summed E-state index contributed by atoms with van der Waals surface area (Å²) in [7, 11) is 1.74. The Morgan fingerprint density at radius 1 is 1.25 bits per heavy atom. The second-order valence-electron chi connectivity index (χ2n) is 4.37. The highest BCUT2D eigenvalue weighted by atomic mass is 35.5. The average Bonchev–Trinajstić information content (AvgIpc) is 2.77. The molecule has 0 saturated carbocycles. The van der Waals surface area contributed by atoms with E-state index in [1.165, 1.54) is 11.3 Å². The number of benzene rings is 1. The van der Waals surface area contributed by atoms with Crippen molar-refractivity contribution in [1.29, 1.82) is 0 Å². The number of aliphatic imine (C=N–C) groups is 1. The molecule has 102 valence electrons. The minimum atomic E-state index is -0.0631. The van der Waals surface area contributed by atoms with E-state index >= 15 is 0 Å². The minimum absolute atomic E-state index is 0.0631. The molecule has 0 spiro atoms. The number of anilines is 1. The van der Waals surface area contributed by atoms with E-state index in [4.69, 9.17) is 23.2 Å². The van der Waals surface area contributed by atoms with Crippen LogP contribution in [0, 0.1) is 0 Å². The van der Waals surface area contributed by atoms with E-state index < -0.39 is 0 Å². The molecule has 0 bridgehead atoms. The van der Waals surface area contributed by atoms with Gasteiger partial charge in [0.1, 0.15) is 11.5 Å². The Hall–Kier alpha value is -1.36. The molecule has 1 aliphatic rings. The van der Waals surface area contributed by atoms with Gasteiger partial charge in [0.15, 0.2) is 0 Å². The van der Waals surface area contributed by atoms with Gasteiger partial charge < -0.3 is 4.90 Å². The highest BCUT2D eigenvalue weighted by molar-refractivity contribution is 7.20. The fraction of sp³-hybridized carbons (Fsp3) is 0.143. The summed E-state index contributed by atoms with van der Waals surface area (Å²) in [6.45, 7) is 0.107. The van der Waals surface area contributed by atoms with E-state index in [9.17, 15) is 4.79 Å². The third kappa shape index (κ3) is 2.24. The fourth-order valence-electron chi connectivity index (χ4n) is 2.11. The maximum Gasteiger partial charge on any atom is 0.249 e. The van der Waals surface area contributed by atoms with Crippen LogP contribution in [0.25, 0.3) is 0 Å². The summed E-state index contributed by atoms with van der Waals surface area (Å²) in [5.41, 5.74) is 2.38. The number of hydrogen-bond acceptors (Lipinski definition) is 3.